The highest BCUT2D eigenvalue weighted by Crippen LogP contribution is 2.29. The summed E-state index contributed by atoms with van der Waals surface area (Å²) in [7, 11) is 3.95. The van der Waals surface area contributed by atoms with Crippen molar-refractivity contribution in [3.8, 4) is 5.75 Å². The molecule has 0 aliphatic heterocycles. The first-order valence-electron chi connectivity index (χ1n) is 6.63. The quantitative estimate of drug-likeness (QED) is 0.866. The molecule has 0 saturated heterocycles. The van der Waals surface area contributed by atoms with Crippen molar-refractivity contribution in [2.24, 2.45) is 7.05 Å². The predicted molar refractivity (Wildman–Crippen MR) is 76.3 cm³/mol. The lowest BCUT2D eigenvalue weighted by molar-refractivity contribution is 0.312. The lowest BCUT2D eigenvalue weighted by Gasteiger charge is -2.20. The van der Waals surface area contributed by atoms with Crippen LogP contribution in [-0.2, 0) is 7.05 Å². The maximum atomic E-state index is 5.84. The van der Waals surface area contributed by atoms with Gasteiger partial charge in [0, 0.05) is 12.6 Å². The SMILES string of the molecule is CCCOc1ccccc1C(NC)c1cncn1C. The Balaban J connectivity index is 2.35. The molecule has 0 radical (unpaired) electrons. The summed E-state index contributed by atoms with van der Waals surface area (Å²) >= 11 is 0. The van der Waals surface area contributed by atoms with Gasteiger partial charge in [-0.2, -0.15) is 0 Å². The molecule has 0 spiro atoms. The largest absolute Gasteiger partial charge is 0.493 e. The Kier molecular flexibility index (Phi) is 4.58. The second-order valence-corrected chi connectivity index (χ2v) is 4.54. The Labute approximate surface area is 114 Å². The van der Waals surface area contributed by atoms with Gasteiger partial charge in [0.15, 0.2) is 0 Å². The lowest BCUT2D eigenvalue weighted by atomic mass is 10.0. The molecule has 1 aromatic heterocycles. The van der Waals surface area contributed by atoms with Gasteiger partial charge in [-0.1, -0.05) is 25.1 Å². The molecule has 1 heterocycles. The summed E-state index contributed by atoms with van der Waals surface area (Å²) in [4.78, 5) is 4.19. The Morgan fingerprint density at radius 1 is 1.37 bits per heavy atom. The second kappa shape index (κ2) is 6.38. The Morgan fingerprint density at radius 3 is 2.79 bits per heavy atom. The summed E-state index contributed by atoms with van der Waals surface area (Å²) in [5, 5.41) is 3.34. The number of aromatic nitrogens is 2. The van der Waals surface area contributed by atoms with Crippen LogP contribution in [0.1, 0.15) is 30.6 Å². The third kappa shape index (κ3) is 2.96. The van der Waals surface area contributed by atoms with Crippen LogP contribution < -0.4 is 10.1 Å². The van der Waals surface area contributed by atoms with Crippen LogP contribution in [0.2, 0.25) is 0 Å². The molecular formula is C15H21N3O. The topological polar surface area (TPSA) is 39.1 Å². The van der Waals surface area contributed by atoms with Crippen LogP contribution in [0.4, 0.5) is 0 Å². The summed E-state index contributed by atoms with van der Waals surface area (Å²) in [6, 6.07) is 8.24. The number of para-hydroxylation sites is 1. The van der Waals surface area contributed by atoms with E-state index >= 15 is 0 Å². The lowest BCUT2D eigenvalue weighted by Crippen LogP contribution is -2.21. The fraction of sp³-hybridized carbons (Fsp3) is 0.400. The number of rotatable bonds is 6. The third-order valence-electron chi connectivity index (χ3n) is 3.13. The first kappa shape index (κ1) is 13.6. The summed E-state index contributed by atoms with van der Waals surface area (Å²) in [5.41, 5.74) is 2.26. The van der Waals surface area contributed by atoms with Crippen LogP contribution in [0.5, 0.6) is 5.75 Å². The van der Waals surface area contributed by atoms with E-state index in [-0.39, 0.29) is 6.04 Å². The van der Waals surface area contributed by atoms with Crippen LogP contribution in [0.15, 0.2) is 36.8 Å². The smallest absolute Gasteiger partial charge is 0.124 e. The van der Waals surface area contributed by atoms with Gasteiger partial charge >= 0.3 is 0 Å². The molecule has 4 nitrogen and oxygen atoms in total. The monoisotopic (exact) mass is 259 g/mol. The zero-order chi connectivity index (χ0) is 13.7. The number of hydrogen-bond donors (Lipinski definition) is 1. The zero-order valence-corrected chi connectivity index (χ0v) is 11.8. The van der Waals surface area contributed by atoms with Crippen LogP contribution >= 0.6 is 0 Å². The molecule has 1 unspecified atom stereocenters. The molecule has 4 heteroatoms. The van der Waals surface area contributed by atoms with Crippen LogP contribution in [0.25, 0.3) is 0 Å². The van der Waals surface area contributed by atoms with Gasteiger partial charge in [-0.3, -0.25) is 0 Å². The summed E-state index contributed by atoms with van der Waals surface area (Å²) in [6.45, 7) is 2.85. The van der Waals surface area contributed by atoms with Crippen LogP contribution in [-0.4, -0.2) is 23.2 Å². The van der Waals surface area contributed by atoms with Gasteiger partial charge in [0.25, 0.3) is 0 Å². The van der Waals surface area contributed by atoms with E-state index in [9.17, 15) is 0 Å². The molecule has 0 bridgehead atoms. The fourth-order valence-electron chi connectivity index (χ4n) is 2.17. The standard InChI is InChI=1S/C15H21N3O/c1-4-9-19-14-8-6-5-7-12(14)15(16-2)13-10-17-11-18(13)3/h5-8,10-11,15-16H,4,9H2,1-3H3. The highest BCUT2D eigenvalue weighted by molar-refractivity contribution is 5.39. The van der Waals surface area contributed by atoms with E-state index in [1.54, 1.807) is 0 Å². The zero-order valence-electron chi connectivity index (χ0n) is 11.8. The van der Waals surface area contributed by atoms with E-state index in [1.165, 1.54) is 0 Å². The molecule has 0 saturated carbocycles. The van der Waals surface area contributed by atoms with Gasteiger partial charge in [-0.15, -0.1) is 0 Å². The van der Waals surface area contributed by atoms with E-state index in [0.29, 0.717) is 0 Å². The maximum absolute atomic E-state index is 5.84. The number of benzene rings is 1. The second-order valence-electron chi connectivity index (χ2n) is 4.54. The van der Waals surface area contributed by atoms with Crippen molar-refractivity contribution in [2.75, 3.05) is 13.7 Å². The van der Waals surface area contributed by atoms with Crippen LogP contribution in [0.3, 0.4) is 0 Å². The minimum Gasteiger partial charge on any atom is -0.493 e. The molecule has 0 amide bonds. The fourth-order valence-corrected chi connectivity index (χ4v) is 2.17. The van der Waals surface area contributed by atoms with Crippen molar-refractivity contribution in [1.82, 2.24) is 14.9 Å². The van der Waals surface area contributed by atoms with Gasteiger partial charge < -0.3 is 14.6 Å². The number of imidazole rings is 1. The minimum absolute atomic E-state index is 0.0838. The molecule has 2 aromatic rings. The molecule has 0 aliphatic rings. The number of nitrogens with zero attached hydrogens (tertiary/aromatic N) is 2. The molecule has 102 valence electrons. The summed E-state index contributed by atoms with van der Waals surface area (Å²) in [6.07, 6.45) is 4.71. The van der Waals surface area contributed by atoms with Gasteiger partial charge in [0.1, 0.15) is 5.75 Å². The van der Waals surface area contributed by atoms with E-state index in [4.69, 9.17) is 4.74 Å². The van der Waals surface area contributed by atoms with E-state index in [1.807, 2.05) is 49.4 Å². The number of hydrogen-bond acceptors (Lipinski definition) is 3. The molecular weight excluding hydrogens is 238 g/mol. The van der Waals surface area contributed by atoms with E-state index < -0.39 is 0 Å². The summed E-state index contributed by atoms with van der Waals surface area (Å²) < 4.78 is 7.86. The maximum Gasteiger partial charge on any atom is 0.124 e. The average Bonchev–Trinajstić information content (AvgIpc) is 2.85. The number of nitrogens with one attached hydrogen (secondary N) is 1. The van der Waals surface area contributed by atoms with E-state index in [0.717, 1.165) is 30.0 Å². The van der Waals surface area contributed by atoms with Gasteiger partial charge in [0.05, 0.1) is 30.9 Å². The molecule has 19 heavy (non-hydrogen) atoms. The van der Waals surface area contributed by atoms with Crippen LogP contribution in [0, 0.1) is 0 Å². The normalized spacial score (nSPS) is 12.4. The third-order valence-corrected chi connectivity index (χ3v) is 3.13. The Morgan fingerprint density at radius 2 is 2.16 bits per heavy atom. The highest BCUT2D eigenvalue weighted by atomic mass is 16.5. The molecule has 1 atom stereocenters. The van der Waals surface area contributed by atoms with Crippen molar-refractivity contribution in [1.29, 1.82) is 0 Å². The van der Waals surface area contributed by atoms with Gasteiger partial charge in [0.2, 0.25) is 0 Å². The molecule has 0 fully saturated rings. The highest BCUT2D eigenvalue weighted by Gasteiger charge is 2.18. The number of aryl methyl sites for hydroxylation is 1. The molecule has 1 N–H and O–H groups in total. The van der Waals surface area contributed by atoms with Gasteiger partial charge in [-0.25, -0.2) is 4.98 Å². The van der Waals surface area contributed by atoms with Crippen molar-refractivity contribution in [3.63, 3.8) is 0 Å². The Hall–Kier alpha value is -1.81. The van der Waals surface area contributed by atoms with Gasteiger partial charge in [-0.05, 0) is 19.5 Å². The average molecular weight is 259 g/mol. The van der Waals surface area contributed by atoms with Crippen molar-refractivity contribution in [2.45, 2.75) is 19.4 Å². The first-order chi connectivity index (χ1) is 9.27. The number of ether oxygens (including phenoxy) is 1. The first-order valence-corrected chi connectivity index (χ1v) is 6.63. The molecule has 1 aromatic carbocycles. The summed E-state index contributed by atoms with van der Waals surface area (Å²) in [5.74, 6) is 0.935. The minimum atomic E-state index is 0.0838. The van der Waals surface area contributed by atoms with Crippen molar-refractivity contribution < 1.29 is 4.74 Å². The molecule has 2 rings (SSSR count). The van der Waals surface area contributed by atoms with E-state index in [2.05, 4.69) is 23.3 Å². The Bertz CT molecular complexity index is 522. The van der Waals surface area contributed by atoms with Crippen molar-refractivity contribution in [3.05, 3.63) is 48.0 Å². The molecule has 0 aliphatic carbocycles. The van der Waals surface area contributed by atoms with Crippen molar-refractivity contribution >= 4 is 0 Å². The predicted octanol–water partition coefficient (Wildman–Crippen LogP) is 2.52.